The number of hydrogen-bond acceptors (Lipinski definition) is 2. The maximum atomic E-state index is 9.32. The highest BCUT2D eigenvalue weighted by atomic mass is 16.3. The molecule has 0 radical (unpaired) electrons. The van der Waals surface area contributed by atoms with Crippen LogP contribution >= 0.6 is 0 Å². The Bertz CT molecular complexity index is 295. The monoisotopic (exact) mass is 221 g/mol. The second-order valence-corrected chi connectivity index (χ2v) is 4.24. The van der Waals surface area contributed by atoms with Crippen molar-refractivity contribution in [2.24, 2.45) is 0 Å². The lowest BCUT2D eigenvalue weighted by molar-refractivity contribution is 0.471. The molecule has 0 aliphatic rings. The zero-order valence-corrected chi connectivity index (χ0v) is 10.4. The van der Waals surface area contributed by atoms with Crippen molar-refractivity contribution in [1.82, 2.24) is 5.32 Å². The number of rotatable bonds is 7. The lowest BCUT2D eigenvalue weighted by Gasteiger charge is -2.14. The van der Waals surface area contributed by atoms with Crippen LogP contribution in [0.3, 0.4) is 0 Å². The summed E-state index contributed by atoms with van der Waals surface area (Å²) in [6.07, 6.45) is 4.55. The molecule has 2 N–H and O–H groups in total. The molecule has 0 aliphatic carbocycles. The fourth-order valence-corrected chi connectivity index (χ4v) is 1.89. The second kappa shape index (κ2) is 7.29. The molecule has 0 aliphatic heterocycles. The normalized spacial score (nSPS) is 10.9. The summed E-state index contributed by atoms with van der Waals surface area (Å²) < 4.78 is 0. The quantitative estimate of drug-likeness (QED) is 0.693. The van der Waals surface area contributed by atoms with Gasteiger partial charge in [0.25, 0.3) is 0 Å². The number of aryl methyl sites for hydroxylation is 1. The van der Waals surface area contributed by atoms with E-state index < -0.39 is 0 Å². The maximum absolute atomic E-state index is 9.32. The minimum absolute atomic E-state index is 0.366. The van der Waals surface area contributed by atoms with Gasteiger partial charge in [-0.25, -0.2) is 0 Å². The van der Waals surface area contributed by atoms with E-state index >= 15 is 0 Å². The molecule has 0 fully saturated rings. The molecule has 0 saturated heterocycles. The van der Waals surface area contributed by atoms with Crippen molar-refractivity contribution < 1.29 is 5.11 Å². The molecule has 0 bridgehead atoms. The minimum Gasteiger partial charge on any atom is -0.508 e. The van der Waals surface area contributed by atoms with Gasteiger partial charge in [-0.15, -0.1) is 0 Å². The molecule has 0 heterocycles. The van der Waals surface area contributed by atoms with Crippen LogP contribution in [0.5, 0.6) is 5.75 Å². The fourth-order valence-electron chi connectivity index (χ4n) is 1.89. The van der Waals surface area contributed by atoms with E-state index in [1.54, 1.807) is 6.07 Å². The van der Waals surface area contributed by atoms with Gasteiger partial charge in [0.05, 0.1) is 0 Å². The van der Waals surface area contributed by atoms with Crippen LogP contribution < -0.4 is 5.32 Å². The van der Waals surface area contributed by atoms with Crippen LogP contribution in [0.2, 0.25) is 0 Å². The molecule has 1 aromatic carbocycles. The van der Waals surface area contributed by atoms with Gasteiger partial charge in [-0.05, 0) is 49.9 Å². The van der Waals surface area contributed by atoms with Crippen molar-refractivity contribution >= 4 is 0 Å². The average molecular weight is 221 g/mol. The van der Waals surface area contributed by atoms with Crippen molar-refractivity contribution in [2.45, 2.75) is 45.6 Å². The van der Waals surface area contributed by atoms with Gasteiger partial charge in [0.2, 0.25) is 0 Å². The Hall–Kier alpha value is -1.02. The highest BCUT2D eigenvalue weighted by Crippen LogP contribution is 2.12. The molecule has 2 nitrogen and oxygen atoms in total. The van der Waals surface area contributed by atoms with Crippen molar-refractivity contribution in [3.8, 4) is 5.75 Å². The van der Waals surface area contributed by atoms with Crippen molar-refractivity contribution in [3.63, 3.8) is 0 Å². The van der Waals surface area contributed by atoms with Gasteiger partial charge >= 0.3 is 0 Å². The van der Waals surface area contributed by atoms with Crippen molar-refractivity contribution in [1.29, 1.82) is 0 Å². The third-order valence-electron chi connectivity index (χ3n) is 2.97. The number of nitrogens with one attached hydrogen (secondary N) is 1. The van der Waals surface area contributed by atoms with Crippen LogP contribution in [0, 0.1) is 0 Å². The Morgan fingerprint density at radius 3 is 2.62 bits per heavy atom. The van der Waals surface area contributed by atoms with Crippen molar-refractivity contribution in [3.05, 3.63) is 29.8 Å². The summed E-state index contributed by atoms with van der Waals surface area (Å²) in [6, 6.07) is 8.18. The van der Waals surface area contributed by atoms with E-state index in [9.17, 15) is 5.11 Å². The fraction of sp³-hybridized carbons (Fsp3) is 0.571. The Morgan fingerprint density at radius 2 is 2.00 bits per heavy atom. The Kier molecular flexibility index (Phi) is 5.94. The molecule has 1 rings (SSSR count). The predicted molar refractivity (Wildman–Crippen MR) is 68.8 cm³/mol. The maximum Gasteiger partial charge on any atom is 0.115 e. The number of phenolic OH excluding ortho intramolecular Hbond substituents is 1. The van der Waals surface area contributed by atoms with Crippen LogP contribution in [0.25, 0.3) is 0 Å². The molecule has 0 aromatic heterocycles. The third-order valence-corrected chi connectivity index (χ3v) is 2.97. The van der Waals surface area contributed by atoms with Crippen LogP contribution in [0.4, 0.5) is 0 Å². The highest BCUT2D eigenvalue weighted by molar-refractivity contribution is 5.27. The summed E-state index contributed by atoms with van der Waals surface area (Å²) >= 11 is 0. The molecule has 90 valence electrons. The summed E-state index contributed by atoms with van der Waals surface area (Å²) in [5.41, 5.74) is 1.21. The predicted octanol–water partition coefficient (Wildman–Crippen LogP) is 3.10. The van der Waals surface area contributed by atoms with Gasteiger partial charge in [-0.2, -0.15) is 0 Å². The third kappa shape index (κ3) is 4.67. The second-order valence-electron chi connectivity index (χ2n) is 4.24. The molecule has 0 amide bonds. The van der Waals surface area contributed by atoms with Gasteiger partial charge in [0.15, 0.2) is 0 Å². The van der Waals surface area contributed by atoms with E-state index in [1.807, 2.05) is 12.1 Å². The number of phenols is 1. The SMILES string of the molecule is CCC(CC)NCCCc1cccc(O)c1. The summed E-state index contributed by atoms with van der Waals surface area (Å²) in [5.74, 6) is 0.366. The van der Waals surface area contributed by atoms with Crippen LogP contribution in [0.1, 0.15) is 38.7 Å². The molecular weight excluding hydrogens is 198 g/mol. The van der Waals surface area contributed by atoms with Crippen LogP contribution in [0.15, 0.2) is 24.3 Å². The molecule has 1 aromatic rings. The molecular formula is C14H23NO. The molecule has 0 unspecified atom stereocenters. The number of benzene rings is 1. The first-order chi connectivity index (χ1) is 7.76. The molecule has 2 heteroatoms. The van der Waals surface area contributed by atoms with Gasteiger partial charge < -0.3 is 10.4 Å². The standard InChI is InChI=1S/C14H23NO/c1-3-13(4-2)15-10-6-8-12-7-5-9-14(16)11-12/h5,7,9,11,13,15-16H,3-4,6,8,10H2,1-2H3. The Balaban J connectivity index is 2.20. The van der Waals surface area contributed by atoms with E-state index in [4.69, 9.17) is 0 Å². The molecule has 0 saturated carbocycles. The zero-order valence-electron chi connectivity index (χ0n) is 10.4. The summed E-state index contributed by atoms with van der Waals surface area (Å²) in [7, 11) is 0. The number of hydrogen-bond donors (Lipinski definition) is 2. The first-order valence-corrected chi connectivity index (χ1v) is 6.27. The van der Waals surface area contributed by atoms with E-state index in [0.29, 0.717) is 11.8 Å². The zero-order chi connectivity index (χ0) is 11.8. The topological polar surface area (TPSA) is 32.3 Å². The number of aromatic hydroxyl groups is 1. The molecule has 0 spiro atoms. The van der Waals surface area contributed by atoms with Crippen molar-refractivity contribution in [2.75, 3.05) is 6.54 Å². The lowest BCUT2D eigenvalue weighted by Crippen LogP contribution is -2.28. The first-order valence-electron chi connectivity index (χ1n) is 6.27. The summed E-state index contributed by atoms with van der Waals surface area (Å²) in [6.45, 7) is 5.49. The van der Waals surface area contributed by atoms with Gasteiger partial charge in [-0.1, -0.05) is 26.0 Å². The molecule has 0 atom stereocenters. The van der Waals surface area contributed by atoms with E-state index in [1.165, 1.54) is 18.4 Å². The lowest BCUT2D eigenvalue weighted by atomic mass is 10.1. The van der Waals surface area contributed by atoms with Crippen LogP contribution in [-0.2, 0) is 6.42 Å². The van der Waals surface area contributed by atoms with Gasteiger partial charge in [0, 0.05) is 6.04 Å². The summed E-state index contributed by atoms with van der Waals surface area (Å²) in [4.78, 5) is 0. The van der Waals surface area contributed by atoms with E-state index in [-0.39, 0.29) is 0 Å². The summed E-state index contributed by atoms with van der Waals surface area (Å²) in [5, 5.41) is 12.9. The highest BCUT2D eigenvalue weighted by Gasteiger charge is 2.01. The van der Waals surface area contributed by atoms with Crippen LogP contribution in [-0.4, -0.2) is 17.7 Å². The van der Waals surface area contributed by atoms with Gasteiger partial charge in [0.1, 0.15) is 5.75 Å². The Morgan fingerprint density at radius 1 is 1.25 bits per heavy atom. The first kappa shape index (κ1) is 13.0. The van der Waals surface area contributed by atoms with E-state index in [2.05, 4.69) is 25.2 Å². The van der Waals surface area contributed by atoms with Gasteiger partial charge in [-0.3, -0.25) is 0 Å². The minimum atomic E-state index is 0.366. The van der Waals surface area contributed by atoms with E-state index in [0.717, 1.165) is 19.4 Å². The smallest absolute Gasteiger partial charge is 0.115 e. The average Bonchev–Trinajstić information content (AvgIpc) is 2.29. The Labute approximate surface area is 98.7 Å². The largest absolute Gasteiger partial charge is 0.508 e. The molecule has 16 heavy (non-hydrogen) atoms.